The van der Waals surface area contributed by atoms with E-state index in [0.717, 1.165) is 15.8 Å². The van der Waals surface area contributed by atoms with E-state index in [1.807, 2.05) is 43.3 Å². The first kappa shape index (κ1) is 14.4. The molecule has 2 nitrogen and oxygen atoms in total. The Morgan fingerprint density at radius 1 is 1.16 bits per heavy atom. The zero-order valence-corrected chi connectivity index (χ0v) is 12.9. The normalized spacial score (nSPS) is 13.9. The highest BCUT2D eigenvalue weighted by Gasteiger charge is 2.19. The van der Waals surface area contributed by atoms with Crippen LogP contribution in [0.25, 0.3) is 0 Å². The van der Waals surface area contributed by atoms with Crippen molar-refractivity contribution in [2.45, 2.75) is 19.1 Å². The molecule has 2 N–H and O–H groups in total. The van der Waals surface area contributed by atoms with Crippen LogP contribution in [0.1, 0.15) is 18.6 Å². The minimum absolute atomic E-state index is 0.120. The van der Waals surface area contributed by atoms with E-state index in [9.17, 15) is 0 Å². The van der Waals surface area contributed by atoms with E-state index < -0.39 is 0 Å². The molecule has 0 radical (unpaired) electrons. The van der Waals surface area contributed by atoms with Crippen LogP contribution in [0.15, 0.2) is 53.0 Å². The van der Waals surface area contributed by atoms with Crippen LogP contribution in [-0.2, 0) is 0 Å². The molecular weight excluding hydrogens is 326 g/mol. The van der Waals surface area contributed by atoms with Gasteiger partial charge in [0, 0.05) is 11.1 Å². The average molecular weight is 341 g/mol. The van der Waals surface area contributed by atoms with E-state index in [-0.39, 0.29) is 12.1 Å². The maximum atomic E-state index is 6.03. The number of benzene rings is 2. The van der Waals surface area contributed by atoms with Crippen LogP contribution in [-0.4, -0.2) is 6.04 Å². The summed E-state index contributed by atoms with van der Waals surface area (Å²) in [6, 6.07) is 15.3. The van der Waals surface area contributed by atoms with E-state index in [1.165, 1.54) is 0 Å². The molecule has 4 heteroatoms. The van der Waals surface area contributed by atoms with E-state index in [1.54, 1.807) is 12.1 Å². The van der Waals surface area contributed by atoms with Crippen molar-refractivity contribution < 1.29 is 4.74 Å². The van der Waals surface area contributed by atoms with Crippen molar-refractivity contribution >= 4 is 27.5 Å². The molecule has 1 unspecified atom stereocenters. The van der Waals surface area contributed by atoms with E-state index in [4.69, 9.17) is 22.1 Å². The molecule has 2 rings (SSSR count). The number of nitrogens with two attached hydrogens (primary N) is 1. The van der Waals surface area contributed by atoms with Gasteiger partial charge in [0.2, 0.25) is 0 Å². The molecule has 19 heavy (non-hydrogen) atoms. The molecule has 0 aliphatic heterocycles. The molecule has 2 aromatic rings. The van der Waals surface area contributed by atoms with Gasteiger partial charge in [-0.15, -0.1) is 0 Å². The zero-order valence-electron chi connectivity index (χ0n) is 10.5. The fourth-order valence-corrected chi connectivity index (χ4v) is 2.61. The summed E-state index contributed by atoms with van der Waals surface area (Å²) in [6.07, 6.45) is -0.196. The van der Waals surface area contributed by atoms with Gasteiger partial charge in [-0.25, -0.2) is 0 Å². The van der Waals surface area contributed by atoms with Crippen molar-refractivity contribution in [2.75, 3.05) is 0 Å². The van der Waals surface area contributed by atoms with Crippen LogP contribution in [0.5, 0.6) is 5.75 Å². The maximum Gasteiger partial charge on any atom is 0.139 e. The second kappa shape index (κ2) is 6.42. The van der Waals surface area contributed by atoms with Crippen molar-refractivity contribution in [3.8, 4) is 5.75 Å². The van der Waals surface area contributed by atoms with Crippen molar-refractivity contribution in [3.63, 3.8) is 0 Å². The monoisotopic (exact) mass is 339 g/mol. The molecular formula is C15H15BrClNO. The third-order valence-electron chi connectivity index (χ3n) is 2.75. The number of ether oxygens (including phenoxy) is 1. The van der Waals surface area contributed by atoms with Gasteiger partial charge in [-0.1, -0.05) is 41.9 Å². The van der Waals surface area contributed by atoms with E-state index in [2.05, 4.69) is 15.9 Å². The fraction of sp³-hybridized carbons (Fsp3) is 0.200. The first-order valence-electron chi connectivity index (χ1n) is 6.00. The van der Waals surface area contributed by atoms with Gasteiger partial charge >= 0.3 is 0 Å². The molecule has 0 spiro atoms. The molecule has 0 aromatic heterocycles. The quantitative estimate of drug-likeness (QED) is 0.885. The lowest BCUT2D eigenvalue weighted by Gasteiger charge is -2.23. The number of hydrogen-bond acceptors (Lipinski definition) is 2. The second-order valence-electron chi connectivity index (χ2n) is 4.38. The summed E-state index contributed by atoms with van der Waals surface area (Å²) in [4.78, 5) is 0. The molecule has 2 aromatic carbocycles. The Bertz CT molecular complexity index is 545. The minimum Gasteiger partial charge on any atom is -0.483 e. The van der Waals surface area contributed by atoms with Crippen molar-refractivity contribution in [1.29, 1.82) is 0 Å². The van der Waals surface area contributed by atoms with Gasteiger partial charge in [0.05, 0.1) is 4.47 Å². The molecule has 0 saturated carbocycles. The summed E-state index contributed by atoms with van der Waals surface area (Å²) < 4.78 is 6.84. The lowest BCUT2D eigenvalue weighted by atomic mass is 10.0. The van der Waals surface area contributed by atoms with Gasteiger partial charge in [0.25, 0.3) is 0 Å². The Balaban J connectivity index is 2.27. The highest BCUT2D eigenvalue weighted by atomic mass is 79.9. The molecule has 0 amide bonds. The largest absolute Gasteiger partial charge is 0.483 e. The third-order valence-corrected chi connectivity index (χ3v) is 3.61. The number of rotatable bonds is 4. The van der Waals surface area contributed by atoms with Crippen LogP contribution >= 0.6 is 27.5 Å². The summed E-state index contributed by atoms with van der Waals surface area (Å²) in [5, 5.41) is 0.663. The Morgan fingerprint density at radius 2 is 1.84 bits per heavy atom. The van der Waals surface area contributed by atoms with Gasteiger partial charge in [-0.3, -0.25) is 0 Å². The number of hydrogen-bond donors (Lipinski definition) is 1. The predicted octanol–water partition coefficient (Wildman–Crippen LogP) is 4.57. The molecule has 0 heterocycles. The van der Waals surface area contributed by atoms with Gasteiger partial charge in [-0.05, 0) is 46.6 Å². The summed E-state index contributed by atoms with van der Waals surface area (Å²) in [5.41, 5.74) is 7.09. The van der Waals surface area contributed by atoms with E-state index >= 15 is 0 Å². The van der Waals surface area contributed by atoms with Crippen LogP contribution in [0.4, 0.5) is 0 Å². The molecule has 0 aliphatic carbocycles. The first-order chi connectivity index (χ1) is 9.08. The SMILES string of the molecule is C[C@H](N)C(Oc1ccc(Cl)cc1Br)c1ccccc1. The molecule has 0 bridgehead atoms. The van der Waals surface area contributed by atoms with Crippen LogP contribution in [0, 0.1) is 0 Å². The van der Waals surface area contributed by atoms with E-state index in [0.29, 0.717) is 5.02 Å². The van der Waals surface area contributed by atoms with Gasteiger partial charge in [-0.2, -0.15) is 0 Å². The maximum absolute atomic E-state index is 6.03. The standard InChI is InChI=1S/C15H15BrClNO/c1-10(18)15(11-5-3-2-4-6-11)19-14-8-7-12(17)9-13(14)16/h2-10,15H,18H2,1H3/t10-,15?/m0/s1. The number of halogens is 2. The van der Waals surface area contributed by atoms with Gasteiger partial charge in [0.15, 0.2) is 0 Å². The Morgan fingerprint density at radius 3 is 2.42 bits per heavy atom. The molecule has 0 fully saturated rings. The minimum atomic E-state index is -0.196. The fourth-order valence-electron chi connectivity index (χ4n) is 1.83. The third kappa shape index (κ3) is 3.72. The highest BCUT2D eigenvalue weighted by molar-refractivity contribution is 9.10. The summed E-state index contributed by atoms with van der Waals surface area (Å²) in [6.45, 7) is 1.93. The lowest BCUT2D eigenvalue weighted by molar-refractivity contribution is 0.179. The van der Waals surface area contributed by atoms with Crippen LogP contribution in [0.2, 0.25) is 5.02 Å². The van der Waals surface area contributed by atoms with Crippen molar-refractivity contribution in [3.05, 3.63) is 63.6 Å². The zero-order chi connectivity index (χ0) is 13.8. The topological polar surface area (TPSA) is 35.2 Å². The predicted molar refractivity (Wildman–Crippen MR) is 82.6 cm³/mol. The van der Waals surface area contributed by atoms with Crippen LogP contribution < -0.4 is 10.5 Å². The Labute approximate surface area is 126 Å². The first-order valence-corrected chi connectivity index (χ1v) is 7.17. The van der Waals surface area contributed by atoms with Crippen LogP contribution in [0.3, 0.4) is 0 Å². The summed E-state index contributed by atoms with van der Waals surface area (Å²) in [7, 11) is 0. The average Bonchev–Trinajstić information content (AvgIpc) is 2.38. The smallest absolute Gasteiger partial charge is 0.139 e. The van der Waals surface area contributed by atoms with Crippen molar-refractivity contribution in [2.24, 2.45) is 5.73 Å². The molecule has 2 atom stereocenters. The summed E-state index contributed by atoms with van der Waals surface area (Å²) in [5.74, 6) is 0.732. The molecule has 100 valence electrons. The van der Waals surface area contributed by atoms with Gasteiger partial charge < -0.3 is 10.5 Å². The Hall–Kier alpha value is -1.03. The molecule has 0 saturated heterocycles. The lowest BCUT2D eigenvalue weighted by Crippen LogP contribution is -2.29. The molecule has 0 aliphatic rings. The summed E-state index contributed by atoms with van der Waals surface area (Å²) >= 11 is 9.37. The second-order valence-corrected chi connectivity index (χ2v) is 5.67. The van der Waals surface area contributed by atoms with Crippen molar-refractivity contribution in [1.82, 2.24) is 0 Å². The Kier molecular flexibility index (Phi) is 4.86. The highest BCUT2D eigenvalue weighted by Crippen LogP contribution is 2.32. The van der Waals surface area contributed by atoms with Gasteiger partial charge in [0.1, 0.15) is 11.9 Å².